The molecule has 0 fully saturated rings. The maximum absolute atomic E-state index is 12.0. The zero-order chi connectivity index (χ0) is 13.7. The summed E-state index contributed by atoms with van der Waals surface area (Å²) >= 11 is 0. The molecule has 1 unspecified atom stereocenters. The van der Waals surface area contributed by atoms with E-state index in [0.717, 1.165) is 18.5 Å². The Morgan fingerprint density at radius 2 is 2.00 bits per heavy atom. The molecule has 0 aliphatic carbocycles. The molecule has 0 aromatic carbocycles. The van der Waals surface area contributed by atoms with Crippen molar-refractivity contribution in [3.8, 4) is 0 Å². The van der Waals surface area contributed by atoms with Gasteiger partial charge in [-0.1, -0.05) is 26.7 Å². The zero-order valence-electron chi connectivity index (χ0n) is 11.6. The first-order valence-electron chi connectivity index (χ1n) is 6.49. The van der Waals surface area contributed by atoms with E-state index in [1.807, 2.05) is 20.8 Å². The van der Waals surface area contributed by atoms with Crippen molar-refractivity contribution in [1.29, 1.82) is 0 Å². The minimum atomic E-state index is -0.489. The van der Waals surface area contributed by atoms with E-state index >= 15 is 0 Å². The molecule has 1 rings (SSSR count). The van der Waals surface area contributed by atoms with Crippen LogP contribution in [0.15, 0.2) is 0 Å². The molecule has 0 bridgehead atoms. The molecule has 1 atom stereocenters. The minimum absolute atomic E-state index is 0.177. The van der Waals surface area contributed by atoms with Crippen LogP contribution in [0.4, 0.5) is 0 Å². The van der Waals surface area contributed by atoms with Gasteiger partial charge in [-0.25, -0.2) is 0 Å². The maximum Gasteiger partial charge on any atom is 0.255 e. The van der Waals surface area contributed by atoms with Gasteiger partial charge in [-0.15, -0.1) is 0 Å². The van der Waals surface area contributed by atoms with E-state index in [2.05, 4.69) is 15.5 Å². The van der Waals surface area contributed by atoms with Gasteiger partial charge in [-0.2, -0.15) is 5.10 Å². The number of H-pyrrole nitrogens is 1. The first-order valence-corrected chi connectivity index (χ1v) is 6.49. The molecule has 5 nitrogen and oxygen atoms in total. The molecule has 0 radical (unpaired) electrons. The second kappa shape index (κ2) is 6.54. The number of nitrogens with zero attached hydrogens (tertiary/aromatic N) is 1. The van der Waals surface area contributed by atoms with Gasteiger partial charge in [0.15, 0.2) is 0 Å². The van der Waals surface area contributed by atoms with Crippen LogP contribution in [0.1, 0.15) is 48.4 Å². The van der Waals surface area contributed by atoms with Crippen molar-refractivity contribution in [3.05, 3.63) is 17.0 Å². The Morgan fingerprint density at radius 3 is 2.44 bits per heavy atom. The predicted molar refractivity (Wildman–Crippen MR) is 70.5 cm³/mol. The molecule has 0 spiro atoms. The lowest BCUT2D eigenvalue weighted by atomic mass is 9.96. The number of aromatic amines is 1. The smallest absolute Gasteiger partial charge is 0.255 e. The monoisotopic (exact) mass is 253 g/mol. The van der Waals surface area contributed by atoms with Gasteiger partial charge in [0.25, 0.3) is 5.91 Å². The molecule has 0 saturated heterocycles. The van der Waals surface area contributed by atoms with Crippen LogP contribution in [0.3, 0.4) is 0 Å². The third kappa shape index (κ3) is 3.32. The Kier molecular flexibility index (Phi) is 5.34. The molecule has 102 valence electrons. The second-order valence-electron chi connectivity index (χ2n) is 4.66. The molecule has 18 heavy (non-hydrogen) atoms. The van der Waals surface area contributed by atoms with Crippen molar-refractivity contribution in [3.63, 3.8) is 0 Å². The Balaban J connectivity index is 2.57. The number of rotatable bonds is 6. The van der Waals surface area contributed by atoms with Crippen molar-refractivity contribution >= 4 is 5.91 Å². The molecule has 0 aliphatic rings. The van der Waals surface area contributed by atoms with E-state index < -0.39 is 6.10 Å². The number of aryl methyl sites for hydroxylation is 2. The fourth-order valence-corrected chi connectivity index (χ4v) is 2.17. The zero-order valence-corrected chi connectivity index (χ0v) is 11.6. The molecule has 1 heterocycles. The van der Waals surface area contributed by atoms with Gasteiger partial charge in [-0.05, 0) is 19.8 Å². The molecule has 5 heteroatoms. The highest BCUT2D eigenvalue weighted by Gasteiger charge is 2.19. The summed E-state index contributed by atoms with van der Waals surface area (Å²) in [6, 6.07) is 0. The maximum atomic E-state index is 12.0. The minimum Gasteiger partial charge on any atom is -0.391 e. The number of aromatic nitrogens is 2. The Hall–Kier alpha value is -1.36. The number of nitrogens with one attached hydrogen (secondary N) is 2. The summed E-state index contributed by atoms with van der Waals surface area (Å²) in [5.74, 6) is 0.0561. The van der Waals surface area contributed by atoms with Crippen LogP contribution >= 0.6 is 0 Å². The highest BCUT2D eigenvalue weighted by atomic mass is 16.3. The molecule has 3 N–H and O–H groups in total. The highest BCUT2D eigenvalue weighted by molar-refractivity contribution is 5.96. The van der Waals surface area contributed by atoms with Crippen LogP contribution in [0.25, 0.3) is 0 Å². The number of carbonyl (C=O) groups is 1. The van der Waals surface area contributed by atoms with Gasteiger partial charge in [0.1, 0.15) is 0 Å². The summed E-state index contributed by atoms with van der Waals surface area (Å²) in [6.07, 6.45) is 1.34. The van der Waals surface area contributed by atoms with Gasteiger partial charge in [0.05, 0.1) is 17.4 Å². The third-order valence-corrected chi connectivity index (χ3v) is 3.42. The largest absolute Gasteiger partial charge is 0.391 e. The molecular weight excluding hydrogens is 230 g/mol. The van der Waals surface area contributed by atoms with Crippen LogP contribution in [0.2, 0.25) is 0 Å². The Bertz CT molecular complexity index is 377. The first kappa shape index (κ1) is 14.7. The second-order valence-corrected chi connectivity index (χ2v) is 4.66. The summed E-state index contributed by atoms with van der Waals surface area (Å²) in [5.41, 5.74) is 2.01. The van der Waals surface area contributed by atoms with Crippen LogP contribution in [0, 0.1) is 19.8 Å². The van der Waals surface area contributed by atoms with E-state index in [0.29, 0.717) is 11.3 Å². The van der Waals surface area contributed by atoms with Crippen molar-refractivity contribution < 1.29 is 9.90 Å². The van der Waals surface area contributed by atoms with Crippen molar-refractivity contribution in [2.75, 3.05) is 6.54 Å². The third-order valence-electron chi connectivity index (χ3n) is 3.42. The van der Waals surface area contributed by atoms with E-state index in [1.165, 1.54) is 0 Å². The topological polar surface area (TPSA) is 78.0 Å². The number of aliphatic hydroxyl groups excluding tert-OH is 1. The summed E-state index contributed by atoms with van der Waals surface area (Å²) in [6.45, 7) is 7.98. The van der Waals surface area contributed by atoms with Crippen LogP contribution in [-0.4, -0.2) is 33.9 Å². The van der Waals surface area contributed by atoms with Gasteiger partial charge >= 0.3 is 0 Å². The highest BCUT2D eigenvalue weighted by Crippen LogP contribution is 2.13. The van der Waals surface area contributed by atoms with Crippen molar-refractivity contribution in [2.24, 2.45) is 5.92 Å². The average Bonchev–Trinajstić information content (AvgIpc) is 2.67. The van der Waals surface area contributed by atoms with Crippen LogP contribution in [-0.2, 0) is 0 Å². The number of aliphatic hydroxyl groups is 1. The molecular formula is C13H23N3O2. The van der Waals surface area contributed by atoms with E-state index in [1.54, 1.807) is 6.92 Å². The van der Waals surface area contributed by atoms with Crippen LogP contribution < -0.4 is 5.32 Å². The molecule has 1 aromatic rings. The fourth-order valence-electron chi connectivity index (χ4n) is 2.17. The van der Waals surface area contributed by atoms with Gasteiger partial charge < -0.3 is 10.4 Å². The number of amides is 1. The lowest BCUT2D eigenvalue weighted by Crippen LogP contribution is -2.36. The van der Waals surface area contributed by atoms with Crippen molar-refractivity contribution in [1.82, 2.24) is 15.5 Å². The molecule has 0 aliphatic heterocycles. The van der Waals surface area contributed by atoms with E-state index in [4.69, 9.17) is 0 Å². The van der Waals surface area contributed by atoms with Crippen molar-refractivity contribution in [2.45, 2.75) is 46.6 Å². The standard InChI is InChI=1S/C13H23N3O2/c1-5-10(6-2)11(17)7-14-13(18)12-8(3)15-16-9(12)4/h10-11,17H,5-7H2,1-4H3,(H,14,18)(H,15,16). The first-order chi connectivity index (χ1) is 8.51. The van der Waals surface area contributed by atoms with Crippen LogP contribution in [0.5, 0.6) is 0 Å². The van der Waals surface area contributed by atoms with Gasteiger partial charge in [0.2, 0.25) is 0 Å². The predicted octanol–water partition coefficient (Wildman–Crippen LogP) is 1.55. The molecule has 1 amide bonds. The lowest BCUT2D eigenvalue weighted by molar-refractivity contribution is 0.0816. The van der Waals surface area contributed by atoms with Gasteiger partial charge in [-0.3, -0.25) is 9.89 Å². The fraction of sp³-hybridized carbons (Fsp3) is 0.692. The average molecular weight is 253 g/mol. The lowest BCUT2D eigenvalue weighted by Gasteiger charge is -2.20. The molecule has 1 aromatic heterocycles. The quantitative estimate of drug-likeness (QED) is 0.720. The number of carbonyl (C=O) groups excluding carboxylic acids is 1. The van der Waals surface area contributed by atoms with Gasteiger partial charge in [0, 0.05) is 12.2 Å². The van der Waals surface area contributed by atoms with E-state index in [-0.39, 0.29) is 18.4 Å². The Labute approximate surface area is 108 Å². The molecule has 0 saturated carbocycles. The summed E-state index contributed by atoms with van der Waals surface area (Å²) in [4.78, 5) is 12.0. The summed E-state index contributed by atoms with van der Waals surface area (Å²) in [5, 5.41) is 19.5. The Morgan fingerprint density at radius 1 is 1.39 bits per heavy atom. The SMILES string of the molecule is CCC(CC)C(O)CNC(=O)c1c(C)n[nH]c1C. The normalized spacial score (nSPS) is 12.8. The number of hydrogen-bond donors (Lipinski definition) is 3. The van der Waals surface area contributed by atoms with E-state index in [9.17, 15) is 9.90 Å². The summed E-state index contributed by atoms with van der Waals surface area (Å²) in [7, 11) is 0. The number of hydrogen-bond acceptors (Lipinski definition) is 3. The summed E-state index contributed by atoms with van der Waals surface area (Å²) < 4.78 is 0.